The molecular weight excluding hydrogens is 436 g/mol. The standard InChI is InChI=1S/C26H38N2O4S/c1-5-6-9-22(20-29)10-7-8-17-27-33(30,31)26-16-13-24(28(2)3)19-23(26)18-21-11-14-25(32-4)15-12-21/h11-16,19-20,22,27H,5-10,17-18H2,1-4H3. The zero-order valence-corrected chi connectivity index (χ0v) is 21.2. The fraction of sp³-hybridized carbons (Fsp3) is 0.500. The van der Waals surface area contributed by atoms with Gasteiger partial charge >= 0.3 is 0 Å². The number of aldehydes is 1. The molecule has 0 aliphatic carbocycles. The Kier molecular flexibility index (Phi) is 10.9. The predicted molar refractivity (Wildman–Crippen MR) is 135 cm³/mol. The van der Waals surface area contributed by atoms with Gasteiger partial charge in [0, 0.05) is 32.2 Å². The summed E-state index contributed by atoms with van der Waals surface area (Å²) >= 11 is 0. The summed E-state index contributed by atoms with van der Waals surface area (Å²) in [5.74, 6) is 0.845. The molecule has 0 aliphatic heterocycles. The highest BCUT2D eigenvalue weighted by Gasteiger charge is 2.19. The van der Waals surface area contributed by atoms with Gasteiger partial charge in [0.05, 0.1) is 12.0 Å². The highest BCUT2D eigenvalue weighted by molar-refractivity contribution is 7.89. The molecule has 2 aromatic carbocycles. The first kappa shape index (κ1) is 26.9. The third-order valence-electron chi connectivity index (χ3n) is 5.82. The molecule has 1 unspecified atom stereocenters. The molecule has 0 saturated carbocycles. The van der Waals surface area contributed by atoms with Crippen molar-refractivity contribution >= 4 is 22.0 Å². The number of benzene rings is 2. The molecule has 7 heteroatoms. The Morgan fingerprint density at radius 2 is 1.73 bits per heavy atom. The number of carbonyl (C=O) groups is 1. The van der Waals surface area contributed by atoms with Crippen LogP contribution in [0.25, 0.3) is 0 Å². The minimum Gasteiger partial charge on any atom is -0.497 e. The third kappa shape index (κ3) is 8.48. The van der Waals surface area contributed by atoms with Gasteiger partial charge in [0.15, 0.2) is 0 Å². The molecule has 0 heterocycles. The fourth-order valence-electron chi connectivity index (χ4n) is 3.77. The van der Waals surface area contributed by atoms with Crippen LogP contribution in [0.15, 0.2) is 47.4 Å². The number of anilines is 1. The number of hydrogen-bond acceptors (Lipinski definition) is 5. The molecule has 182 valence electrons. The van der Waals surface area contributed by atoms with E-state index < -0.39 is 10.0 Å². The molecule has 2 rings (SSSR count). The van der Waals surface area contributed by atoms with E-state index in [0.29, 0.717) is 24.3 Å². The van der Waals surface area contributed by atoms with Crippen LogP contribution in [0.5, 0.6) is 5.75 Å². The number of hydrogen-bond donors (Lipinski definition) is 1. The summed E-state index contributed by atoms with van der Waals surface area (Å²) < 4.78 is 34.2. The lowest BCUT2D eigenvalue weighted by Crippen LogP contribution is -2.26. The van der Waals surface area contributed by atoms with E-state index in [4.69, 9.17) is 4.74 Å². The first-order valence-corrected chi connectivity index (χ1v) is 13.2. The second-order valence-corrected chi connectivity index (χ2v) is 10.4. The van der Waals surface area contributed by atoms with Gasteiger partial charge in [-0.15, -0.1) is 0 Å². The minimum atomic E-state index is -3.65. The summed E-state index contributed by atoms with van der Waals surface area (Å²) in [7, 11) is 1.84. The first-order chi connectivity index (χ1) is 15.8. The van der Waals surface area contributed by atoms with Gasteiger partial charge in [0.1, 0.15) is 12.0 Å². The summed E-state index contributed by atoms with van der Waals surface area (Å²) in [4.78, 5) is 13.5. The number of nitrogens with one attached hydrogen (secondary N) is 1. The van der Waals surface area contributed by atoms with E-state index in [1.54, 1.807) is 13.2 Å². The van der Waals surface area contributed by atoms with Crippen LogP contribution in [0, 0.1) is 5.92 Å². The van der Waals surface area contributed by atoms with E-state index in [0.717, 1.165) is 61.0 Å². The van der Waals surface area contributed by atoms with E-state index in [2.05, 4.69) is 11.6 Å². The summed E-state index contributed by atoms with van der Waals surface area (Å²) in [6, 6.07) is 13.1. The maximum atomic E-state index is 13.1. The van der Waals surface area contributed by atoms with Crippen LogP contribution < -0.4 is 14.4 Å². The first-order valence-electron chi connectivity index (χ1n) is 11.7. The summed E-state index contributed by atoms with van der Waals surface area (Å²) in [6.07, 6.45) is 6.93. The van der Waals surface area contributed by atoms with Gasteiger partial charge in [-0.25, -0.2) is 13.1 Å². The molecule has 0 fully saturated rings. The fourth-order valence-corrected chi connectivity index (χ4v) is 5.06. The molecule has 0 aromatic heterocycles. The summed E-state index contributed by atoms with van der Waals surface area (Å²) in [6.45, 7) is 2.48. The highest BCUT2D eigenvalue weighted by Crippen LogP contribution is 2.25. The molecule has 0 bridgehead atoms. The SMILES string of the molecule is CCCCC(C=O)CCCCNS(=O)(=O)c1ccc(N(C)C)cc1Cc1ccc(OC)cc1. The average Bonchev–Trinajstić information content (AvgIpc) is 2.81. The van der Waals surface area contributed by atoms with Crippen molar-refractivity contribution in [2.24, 2.45) is 5.92 Å². The van der Waals surface area contributed by atoms with Crippen LogP contribution in [0.4, 0.5) is 5.69 Å². The van der Waals surface area contributed by atoms with Crippen molar-refractivity contribution in [3.05, 3.63) is 53.6 Å². The second-order valence-electron chi connectivity index (χ2n) is 8.64. The minimum absolute atomic E-state index is 0.0798. The van der Waals surface area contributed by atoms with Crippen LogP contribution in [0.3, 0.4) is 0 Å². The van der Waals surface area contributed by atoms with E-state index in [1.165, 1.54) is 0 Å². The van der Waals surface area contributed by atoms with Crippen molar-refractivity contribution in [2.75, 3.05) is 32.6 Å². The summed E-state index contributed by atoms with van der Waals surface area (Å²) in [5.41, 5.74) is 2.71. The Morgan fingerprint density at radius 1 is 1.03 bits per heavy atom. The zero-order valence-electron chi connectivity index (χ0n) is 20.3. The lowest BCUT2D eigenvalue weighted by molar-refractivity contribution is -0.111. The third-order valence-corrected chi connectivity index (χ3v) is 7.38. The maximum Gasteiger partial charge on any atom is 0.240 e. The van der Waals surface area contributed by atoms with Crippen molar-refractivity contribution in [3.63, 3.8) is 0 Å². The Hall–Kier alpha value is -2.38. The van der Waals surface area contributed by atoms with E-state index in [9.17, 15) is 13.2 Å². The molecule has 0 radical (unpaired) electrons. The molecule has 0 spiro atoms. The monoisotopic (exact) mass is 474 g/mol. The molecule has 0 saturated heterocycles. The van der Waals surface area contributed by atoms with Gasteiger partial charge in [0.2, 0.25) is 10.0 Å². The van der Waals surface area contributed by atoms with Gasteiger partial charge in [0.25, 0.3) is 0 Å². The molecule has 1 atom stereocenters. The van der Waals surface area contributed by atoms with Crippen molar-refractivity contribution in [1.82, 2.24) is 4.72 Å². The van der Waals surface area contributed by atoms with Crippen LogP contribution in [-0.4, -0.2) is 42.5 Å². The number of nitrogens with zero attached hydrogens (tertiary/aromatic N) is 1. The van der Waals surface area contributed by atoms with E-state index in [1.807, 2.05) is 55.4 Å². The van der Waals surface area contributed by atoms with Gasteiger partial charge in [-0.05, 0) is 67.1 Å². The van der Waals surface area contributed by atoms with Gasteiger partial charge in [-0.3, -0.25) is 0 Å². The van der Waals surface area contributed by atoms with Gasteiger partial charge in [-0.1, -0.05) is 38.3 Å². The Balaban J connectivity index is 2.08. The zero-order chi connectivity index (χ0) is 24.3. The summed E-state index contributed by atoms with van der Waals surface area (Å²) in [5, 5.41) is 0. The highest BCUT2D eigenvalue weighted by atomic mass is 32.2. The molecular formula is C26H38N2O4S. The molecule has 0 aliphatic rings. The van der Waals surface area contributed by atoms with Crippen molar-refractivity contribution in [3.8, 4) is 5.75 Å². The number of rotatable bonds is 15. The maximum absolute atomic E-state index is 13.1. The molecule has 6 nitrogen and oxygen atoms in total. The predicted octanol–water partition coefficient (Wildman–Crippen LogP) is 4.81. The quantitative estimate of drug-likeness (QED) is 0.296. The molecule has 2 aromatic rings. The van der Waals surface area contributed by atoms with Crippen molar-refractivity contribution in [1.29, 1.82) is 0 Å². The lowest BCUT2D eigenvalue weighted by atomic mass is 9.97. The molecule has 1 N–H and O–H groups in total. The van der Waals surface area contributed by atoms with Gasteiger partial charge in [-0.2, -0.15) is 0 Å². The number of sulfonamides is 1. The van der Waals surface area contributed by atoms with Crippen molar-refractivity contribution < 1.29 is 17.9 Å². The van der Waals surface area contributed by atoms with Gasteiger partial charge < -0.3 is 14.4 Å². The molecule has 0 amide bonds. The number of carbonyl (C=O) groups excluding carboxylic acids is 1. The van der Waals surface area contributed by atoms with Crippen molar-refractivity contribution in [2.45, 2.75) is 56.8 Å². The second kappa shape index (κ2) is 13.4. The Bertz CT molecular complexity index is 972. The van der Waals surface area contributed by atoms with Crippen LogP contribution in [0.2, 0.25) is 0 Å². The van der Waals surface area contributed by atoms with E-state index >= 15 is 0 Å². The number of ether oxygens (including phenoxy) is 1. The normalized spacial score (nSPS) is 12.4. The van der Waals surface area contributed by atoms with Crippen LogP contribution in [-0.2, 0) is 21.2 Å². The largest absolute Gasteiger partial charge is 0.497 e. The Morgan fingerprint density at radius 3 is 2.33 bits per heavy atom. The van der Waals surface area contributed by atoms with Crippen LogP contribution in [0.1, 0.15) is 56.6 Å². The topological polar surface area (TPSA) is 75.7 Å². The van der Waals surface area contributed by atoms with Crippen LogP contribution >= 0.6 is 0 Å². The number of methoxy groups -OCH3 is 1. The molecule has 33 heavy (non-hydrogen) atoms. The van der Waals surface area contributed by atoms with E-state index in [-0.39, 0.29) is 5.92 Å². The smallest absolute Gasteiger partial charge is 0.240 e. The lowest BCUT2D eigenvalue weighted by Gasteiger charge is -2.18. The Labute approximate surface area is 199 Å². The average molecular weight is 475 g/mol. The number of unbranched alkanes of at least 4 members (excludes halogenated alkanes) is 2.